The van der Waals surface area contributed by atoms with Gasteiger partial charge in [0.15, 0.2) is 8.32 Å². The molecule has 88 valence electrons. The van der Waals surface area contributed by atoms with Crippen LogP contribution in [-0.4, -0.2) is 45.5 Å². The van der Waals surface area contributed by atoms with Crippen LogP contribution >= 0.6 is 0 Å². The van der Waals surface area contributed by atoms with Gasteiger partial charge in [-0.3, -0.25) is 0 Å². The number of hydrogen-bond acceptors (Lipinski definition) is 2. The van der Waals surface area contributed by atoms with Gasteiger partial charge in [-0.05, 0) is 32.5 Å². The maximum absolute atomic E-state index is 11.3. The van der Waals surface area contributed by atoms with Crippen molar-refractivity contribution < 1.29 is 9.22 Å². The van der Waals surface area contributed by atoms with Gasteiger partial charge in [-0.15, -0.1) is 0 Å². The molecule has 1 saturated heterocycles. The van der Waals surface area contributed by atoms with Gasteiger partial charge < -0.3 is 14.6 Å². The second kappa shape index (κ2) is 5.51. The third kappa shape index (κ3) is 4.21. The minimum Gasteiger partial charge on any atom is -0.418 e. The molecule has 0 aromatic carbocycles. The number of hydrogen-bond donors (Lipinski definition) is 1. The molecule has 0 bridgehead atoms. The summed E-state index contributed by atoms with van der Waals surface area (Å²) in [5, 5.41) is 2.81. The average molecular weight is 230 g/mol. The predicted molar refractivity (Wildman–Crippen MR) is 63.5 cm³/mol. The molecule has 0 aromatic heterocycles. The summed E-state index contributed by atoms with van der Waals surface area (Å²) in [6.07, 6.45) is 1.06. The Morgan fingerprint density at radius 3 is 2.80 bits per heavy atom. The van der Waals surface area contributed by atoms with E-state index in [1.54, 1.807) is 0 Å². The van der Waals surface area contributed by atoms with Crippen molar-refractivity contribution in [3.8, 4) is 0 Å². The molecule has 2 amide bonds. The standard InChI is InChI=1S/C10H22N2O2Si/c1-4-14-15(2,3)9-5-7-12-8-6-11-10(12)13/h4-9H2,1-3H3,(H,11,13). The minimum absolute atomic E-state index is 0.0888. The topological polar surface area (TPSA) is 41.6 Å². The van der Waals surface area contributed by atoms with Gasteiger partial charge in [0.1, 0.15) is 0 Å². The lowest BCUT2D eigenvalue weighted by atomic mass is 10.4. The van der Waals surface area contributed by atoms with Crippen LogP contribution in [0.3, 0.4) is 0 Å². The number of amides is 2. The van der Waals surface area contributed by atoms with Crippen LogP contribution in [-0.2, 0) is 4.43 Å². The Balaban J connectivity index is 2.17. The fraction of sp³-hybridized carbons (Fsp3) is 0.900. The molecule has 0 aromatic rings. The molecule has 1 fully saturated rings. The average Bonchev–Trinajstić information content (AvgIpc) is 2.51. The zero-order chi connectivity index (χ0) is 11.3. The van der Waals surface area contributed by atoms with Crippen molar-refractivity contribution in [3.05, 3.63) is 0 Å². The molecular weight excluding hydrogens is 208 g/mol. The minimum atomic E-state index is -1.46. The van der Waals surface area contributed by atoms with E-state index in [9.17, 15) is 4.79 Å². The van der Waals surface area contributed by atoms with Gasteiger partial charge in [0.25, 0.3) is 0 Å². The fourth-order valence-corrected chi connectivity index (χ4v) is 3.82. The third-order valence-electron chi connectivity index (χ3n) is 2.69. The highest BCUT2D eigenvalue weighted by Crippen LogP contribution is 2.14. The van der Waals surface area contributed by atoms with Crippen LogP contribution in [0.2, 0.25) is 19.1 Å². The number of nitrogens with one attached hydrogen (secondary N) is 1. The summed E-state index contributed by atoms with van der Waals surface area (Å²) in [5.41, 5.74) is 0. The molecule has 1 aliphatic rings. The van der Waals surface area contributed by atoms with Gasteiger partial charge >= 0.3 is 6.03 Å². The van der Waals surface area contributed by atoms with Crippen molar-refractivity contribution in [2.24, 2.45) is 0 Å². The Morgan fingerprint density at radius 1 is 1.53 bits per heavy atom. The SMILES string of the molecule is CCO[Si](C)(C)CCCN1CCNC1=O. The van der Waals surface area contributed by atoms with E-state index >= 15 is 0 Å². The molecule has 0 atom stereocenters. The lowest BCUT2D eigenvalue weighted by molar-refractivity contribution is 0.217. The summed E-state index contributed by atoms with van der Waals surface area (Å²) in [6.45, 7) is 9.85. The lowest BCUT2D eigenvalue weighted by Crippen LogP contribution is -2.33. The monoisotopic (exact) mass is 230 g/mol. The zero-order valence-electron chi connectivity index (χ0n) is 10.0. The quantitative estimate of drug-likeness (QED) is 0.705. The molecule has 0 unspecified atom stereocenters. The summed E-state index contributed by atoms with van der Waals surface area (Å²) in [6, 6.07) is 1.22. The summed E-state index contributed by atoms with van der Waals surface area (Å²) in [5.74, 6) is 0. The van der Waals surface area contributed by atoms with Gasteiger partial charge in [-0.1, -0.05) is 0 Å². The molecule has 4 nitrogen and oxygen atoms in total. The number of carbonyl (C=O) groups excluding carboxylic acids is 1. The lowest BCUT2D eigenvalue weighted by Gasteiger charge is -2.23. The fourth-order valence-electron chi connectivity index (χ4n) is 1.88. The van der Waals surface area contributed by atoms with Gasteiger partial charge in [-0.2, -0.15) is 0 Å². The first-order valence-electron chi connectivity index (χ1n) is 5.72. The van der Waals surface area contributed by atoms with E-state index in [1.807, 2.05) is 11.8 Å². The van der Waals surface area contributed by atoms with Crippen LogP contribution in [0.1, 0.15) is 13.3 Å². The second-order valence-corrected chi connectivity index (χ2v) is 8.82. The summed E-state index contributed by atoms with van der Waals surface area (Å²) < 4.78 is 5.74. The second-order valence-electron chi connectivity index (χ2n) is 4.52. The highest BCUT2D eigenvalue weighted by atomic mass is 28.4. The summed E-state index contributed by atoms with van der Waals surface area (Å²) in [4.78, 5) is 13.1. The van der Waals surface area contributed by atoms with Crippen LogP contribution in [0.5, 0.6) is 0 Å². The highest BCUT2D eigenvalue weighted by molar-refractivity contribution is 6.71. The third-order valence-corrected chi connectivity index (χ3v) is 5.31. The van der Waals surface area contributed by atoms with Crippen molar-refractivity contribution in [1.29, 1.82) is 0 Å². The first-order valence-corrected chi connectivity index (χ1v) is 8.83. The Hall–Kier alpha value is -0.553. The molecule has 0 radical (unpaired) electrons. The molecule has 15 heavy (non-hydrogen) atoms. The highest BCUT2D eigenvalue weighted by Gasteiger charge is 2.23. The van der Waals surface area contributed by atoms with Crippen molar-refractivity contribution >= 4 is 14.3 Å². The summed E-state index contributed by atoms with van der Waals surface area (Å²) >= 11 is 0. The zero-order valence-corrected chi connectivity index (χ0v) is 11.0. The van der Waals surface area contributed by atoms with E-state index in [2.05, 4.69) is 18.4 Å². The van der Waals surface area contributed by atoms with Crippen molar-refractivity contribution in [2.45, 2.75) is 32.5 Å². The molecular formula is C10H22N2O2Si. The van der Waals surface area contributed by atoms with Crippen LogP contribution < -0.4 is 5.32 Å². The molecule has 5 heteroatoms. The van der Waals surface area contributed by atoms with E-state index in [-0.39, 0.29) is 6.03 Å². The summed E-state index contributed by atoms with van der Waals surface area (Å²) in [7, 11) is -1.46. The number of urea groups is 1. The Bertz CT molecular complexity index is 221. The van der Waals surface area contributed by atoms with Crippen molar-refractivity contribution in [2.75, 3.05) is 26.2 Å². The Kier molecular flexibility index (Phi) is 4.60. The van der Waals surface area contributed by atoms with E-state index in [4.69, 9.17) is 4.43 Å². The molecule has 0 aliphatic carbocycles. The number of carbonyl (C=O) groups is 1. The van der Waals surface area contributed by atoms with Crippen molar-refractivity contribution in [3.63, 3.8) is 0 Å². The smallest absolute Gasteiger partial charge is 0.317 e. The molecule has 0 spiro atoms. The number of rotatable bonds is 6. The van der Waals surface area contributed by atoms with Gasteiger partial charge in [0.05, 0.1) is 0 Å². The van der Waals surface area contributed by atoms with Gasteiger partial charge in [0, 0.05) is 26.2 Å². The molecule has 1 heterocycles. The first kappa shape index (κ1) is 12.5. The molecule has 1 rings (SSSR count). The largest absolute Gasteiger partial charge is 0.418 e. The van der Waals surface area contributed by atoms with E-state index in [0.717, 1.165) is 38.7 Å². The normalized spacial score (nSPS) is 17.0. The first-order chi connectivity index (χ1) is 7.05. The van der Waals surface area contributed by atoms with Gasteiger partial charge in [0.2, 0.25) is 0 Å². The van der Waals surface area contributed by atoms with Gasteiger partial charge in [-0.25, -0.2) is 4.79 Å². The van der Waals surface area contributed by atoms with Crippen molar-refractivity contribution in [1.82, 2.24) is 10.2 Å². The van der Waals surface area contributed by atoms with E-state index < -0.39 is 8.32 Å². The Morgan fingerprint density at radius 2 is 2.27 bits per heavy atom. The number of nitrogens with zero attached hydrogens (tertiary/aromatic N) is 1. The molecule has 1 aliphatic heterocycles. The van der Waals surface area contributed by atoms with Crippen LogP contribution in [0, 0.1) is 0 Å². The maximum Gasteiger partial charge on any atom is 0.317 e. The molecule has 0 saturated carbocycles. The van der Waals surface area contributed by atoms with Crippen LogP contribution in [0.15, 0.2) is 0 Å². The van der Waals surface area contributed by atoms with E-state index in [1.165, 1.54) is 0 Å². The van der Waals surface area contributed by atoms with Crippen LogP contribution in [0.4, 0.5) is 4.79 Å². The van der Waals surface area contributed by atoms with E-state index in [0.29, 0.717) is 0 Å². The predicted octanol–water partition coefficient (Wildman–Crippen LogP) is 1.64. The maximum atomic E-state index is 11.3. The molecule has 1 N–H and O–H groups in total. The van der Waals surface area contributed by atoms with Crippen LogP contribution in [0.25, 0.3) is 0 Å². The Labute approximate surface area is 93.1 Å².